The molecule has 0 radical (unpaired) electrons. The summed E-state index contributed by atoms with van der Waals surface area (Å²) in [4.78, 5) is 56.2. The van der Waals surface area contributed by atoms with E-state index in [4.69, 9.17) is 27.9 Å². The minimum absolute atomic E-state index is 0.0169. The molecule has 4 amide bonds. The van der Waals surface area contributed by atoms with E-state index < -0.39 is 29.8 Å². The summed E-state index contributed by atoms with van der Waals surface area (Å²) < 4.78 is 19.2. The molecule has 0 saturated carbocycles. The first-order valence-corrected chi connectivity index (χ1v) is 15.9. The third-order valence-corrected chi connectivity index (χ3v) is 8.55. The third kappa shape index (κ3) is 8.50. The van der Waals surface area contributed by atoms with Crippen LogP contribution in [0.25, 0.3) is 0 Å². The number of ether oxygens (including phenoxy) is 1. The van der Waals surface area contributed by atoms with E-state index in [0.717, 1.165) is 11.1 Å². The number of urea groups is 1. The molecule has 0 saturated heterocycles. The van der Waals surface area contributed by atoms with Gasteiger partial charge < -0.3 is 25.2 Å². The van der Waals surface area contributed by atoms with Crippen LogP contribution in [-0.4, -0.2) is 59.8 Å². The molecule has 1 atom stereocenters. The first-order valence-electron chi connectivity index (χ1n) is 15.2. The molecule has 12 heteroatoms. The van der Waals surface area contributed by atoms with Crippen molar-refractivity contribution in [3.05, 3.63) is 140 Å². The van der Waals surface area contributed by atoms with Crippen molar-refractivity contribution in [2.24, 2.45) is 0 Å². The standard InChI is InChI=1S/C36H33Cl2FN4O5/c1-42(20-23-9-4-2-5-10-23)36(47)40-19-30(35(46)48-22-24-11-6-3-7-12-24)41-33(44)31-29(37)18-28-27(32(31)38)15-16-43(34(28)45)21-25-13-8-14-26(39)17-25/h2-14,17-18,30H,15-16,19-22H2,1H3,(H,40,47)(H,41,44). The number of nitrogens with one attached hydrogen (secondary N) is 2. The maximum absolute atomic E-state index is 13.7. The van der Waals surface area contributed by atoms with Crippen molar-refractivity contribution in [1.29, 1.82) is 0 Å². The van der Waals surface area contributed by atoms with Crippen molar-refractivity contribution in [3.63, 3.8) is 0 Å². The highest BCUT2D eigenvalue weighted by molar-refractivity contribution is 6.41. The molecule has 9 nitrogen and oxygen atoms in total. The van der Waals surface area contributed by atoms with Gasteiger partial charge in [0.05, 0.1) is 22.2 Å². The van der Waals surface area contributed by atoms with Gasteiger partial charge in [-0.2, -0.15) is 0 Å². The Morgan fingerprint density at radius 3 is 2.29 bits per heavy atom. The van der Waals surface area contributed by atoms with E-state index in [1.807, 2.05) is 36.4 Å². The molecule has 0 spiro atoms. The fourth-order valence-electron chi connectivity index (χ4n) is 5.33. The summed E-state index contributed by atoms with van der Waals surface area (Å²) in [5, 5.41) is 5.18. The Morgan fingerprint density at radius 2 is 1.60 bits per heavy atom. The number of carbonyl (C=O) groups is 4. The predicted molar refractivity (Wildman–Crippen MR) is 180 cm³/mol. The number of hydrogen-bond acceptors (Lipinski definition) is 5. The number of halogens is 3. The van der Waals surface area contributed by atoms with Crippen LogP contribution in [0.5, 0.6) is 0 Å². The van der Waals surface area contributed by atoms with Gasteiger partial charge >= 0.3 is 12.0 Å². The van der Waals surface area contributed by atoms with Gasteiger partial charge in [0, 0.05) is 32.2 Å². The van der Waals surface area contributed by atoms with Crippen LogP contribution in [0.4, 0.5) is 9.18 Å². The van der Waals surface area contributed by atoms with E-state index in [0.29, 0.717) is 24.1 Å². The quantitative estimate of drug-likeness (QED) is 0.187. The van der Waals surface area contributed by atoms with E-state index in [1.165, 1.54) is 23.1 Å². The lowest BCUT2D eigenvalue weighted by Gasteiger charge is -2.30. The zero-order valence-electron chi connectivity index (χ0n) is 26.0. The molecule has 248 valence electrons. The zero-order valence-corrected chi connectivity index (χ0v) is 27.6. The van der Waals surface area contributed by atoms with E-state index in [1.54, 1.807) is 48.3 Å². The molecule has 4 aromatic rings. The van der Waals surface area contributed by atoms with Gasteiger partial charge in [-0.3, -0.25) is 9.59 Å². The number of hydrogen-bond donors (Lipinski definition) is 2. The molecule has 0 aromatic heterocycles. The SMILES string of the molecule is CN(Cc1ccccc1)C(=O)NCC(NC(=O)c1c(Cl)cc2c(c1Cl)CCN(Cc1cccc(F)c1)C2=O)C(=O)OCc1ccccc1. The first kappa shape index (κ1) is 34.4. The summed E-state index contributed by atoms with van der Waals surface area (Å²) >= 11 is 13.3. The average molecular weight is 692 g/mol. The van der Waals surface area contributed by atoms with Crippen LogP contribution in [-0.2, 0) is 35.6 Å². The molecule has 1 aliphatic rings. The minimum atomic E-state index is -1.30. The second kappa shape index (κ2) is 15.8. The fraction of sp³-hybridized carbons (Fsp3) is 0.222. The van der Waals surface area contributed by atoms with Crippen molar-refractivity contribution in [3.8, 4) is 0 Å². The Morgan fingerprint density at radius 1 is 0.938 bits per heavy atom. The summed E-state index contributed by atoms with van der Waals surface area (Å²) in [6, 6.07) is 24.0. The number of fused-ring (bicyclic) bond motifs is 1. The molecule has 5 rings (SSSR count). The highest BCUT2D eigenvalue weighted by Crippen LogP contribution is 2.35. The number of benzene rings is 4. The van der Waals surface area contributed by atoms with Gasteiger partial charge in [0.2, 0.25) is 0 Å². The van der Waals surface area contributed by atoms with Gasteiger partial charge in [0.25, 0.3) is 11.8 Å². The van der Waals surface area contributed by atoms with Crippen molar-refractivity contribution >= 4 is 47.0 Å². The molecule has 4 aromatic carbocycles. The molecule has 1 aliphatic heterocycles. The first-order chi connectivity index (χ1) is 23.1. The average Bonchev–Trinajstić information content (AvgIpc) is 3.07. The minimum Gasteiger partial charge on any atom is -0.459 e. The number of carbonyl (C=O) groups excluding carboxylic acids is 4. The third-order valence-electron chi connectivity index (χ3n) is 7.84. The van der Waals surface area contributed by atoms with Gasteiger partial charge in [0.15, 0.2) is 0 Å². The normalized spacial score (nSPS) is 12.9. The highest BCUT2D eigenvalue weighted by Gasteiger charge is 2.32. The Balaban J connectivity index is 1.31. The van der Waals surface area contributed by atoms with Gasteiger partial charge in [-0.25, -0.2) is 14.0 Å². The van der Waals surface area contributed by atoms with E-state index in [-0.39, 0.29) is 53.3 Å². The molecule has 0 bridgehead atoms. The zero-order chi connectivity index (χ0) is 34.2. The van der Waals surface area contributed by atoms with Crippen LogP contribution in [0.3, 0.4) is 0 Å². The molecule has 0 fully saturated rings. The highest BCUT2D eigenvalue weighted by atomic mass is 35.5. The summed E-state index contributed by atoms with van der Waals surface area (Å²) in [5.74, 6) is -2.33. The van der Waals surface area contributed by atoms with Crippen molar-refractivity contribution in [2.75, 3.05) is 20.1 Å². The summed E-state index contributed by atoms with van der Waals surface area (Å²) in [6.07, 6.45) is 0.318. The van der Waals surface area contributed by atoms with Crippen LogP contribution >= 0.6 is 23.2 Å². The topological polar surface area (TPSA) is 108 Å². The van der Waals surface area contributed by atoms with Crippen LogP contribution < -0.4 is 10.6 Å². The Labute approximate surface area is 287 Å². The summed E-state index contributed by atoms with van der Waals surface area (Å²) in [5.41, 5.74) is 2.83. The molecule has 1 heterocycles. The number of nitrogens with zero attached hydrogens (tertiary/aromatic N) is 2. The van der Waals surface area contributed by atoms with E-state index in [9.17, 15) is 23.6 Å². The van der Waals surface area contributed by atoms with Crippen molar-refractivity contribution in [2.45, 2.75) is 32.2 Å². The monoisotopic (exact) mass is 690 g/mol. The number of amides is 4. The second-order valence-electron chi connectivity index (χ2n) is 11.3. The van der Waals surface area contributed by atoms with E-state index >= 15 is 0 Å². The van der Waals surface area contributed by atoms with Crippen LogP contribution in [0.15, 0.2) is 91.0 Å². The van der Waals surface area contributed by atoms with Crippen LogP contribution in [0.1, 0.15) is 43.0 Å². The van der Waals surface area contributed by atoms with Crippen LogP contribution in [0, 0.1) is 5.82 Å². The Hall–Kier alpha value is -4.93. The van der Waals surface area contributed by atoms with Crippen molar-refractivity contribution in [1.82, 2.24) is 20.4 Å². The van der Waals surface area contributed by atoms with Gasteiger partial charge in [-0.1, -0.05) is 96.0 Å². The van der Waals surface area contributed by atoms with Crippen molar-refractivity contribution < 1.29 is 28.3 Å². The number of rotatable bonds is 11. The second-order valence-corrected chi connectivity index (χ2v) is 12.1. The maximum Gasteiger partial charge on any atom is 0.330 e. The molecule has 0 aliphatic carbocycles. The number of esters is 1. The largest absolute Gasteiger partial charge is 0.459 e. The Bertz CT molecular complexity index is 1810. The van der Waals surface area contributed by atoms with E-state index in [2.05, 4.69) is 10.6 Å². The lowest BCUT2D eigenvalue weighted by Crippen LogP contribution is -2.51. The van der Waals surface area contributed by atoms with Gasteiger partial charge in [-0.05, 0) is 46.9 Å². The lowest BCUT2D eigenvalue weighted by molar-refractivity contribution is -0.147. The molecular formula is C36H33Cl2FN4O5. The fourth-order valence-corrected chi connectivity index (χ4v) is 6.06. The van der Waals surface area contributed by atoms with Crippen LogP contribution in [0.2, 0.25) is 10.0 Å². The summed E-state index contributed by atoms with van der Waals surface area (Å²) in [6.45, 7) is 0.447. The molecule has 1 unspecified atom stereocenters. The Kier molecular flexibility index (Phi) is 11.3. The smallest absolute Gasteiger partial charge is 0.330 e. The summed E-state index contributed by atoms with van der Waals surface area (Å²) in [7, 11) is 1.61. The van der Waals surface area contributed by atoms with Gasteiger partial charge in [0.1, 0.15) is 18.5 Å². The molecule has 48 heavy (non-hydrogen) atoms. The maximum atomic E-state index is 13.7. The predicted octanol–water partition coefficient (Wildman–Crippen LogP) is 6.01. The lowest BCUT2D eigenvalue weighted by atomic mass is 9.95. The molecule has 2 N–H and O–H groups in total. The van der Waals surface area contributed by atoms with Gasteiger partial charge in [-0.15, -0.1) is 0 Å². The molecular weight excluding hydrogens is 658 g/mol.